The number of nitrogens with zero attached hydrogens (tertiary/aromatic N) is 5. The predicted octanol–water partition coefficient (Wildman–Crippen LogP) is 3.73. The number of aromatic nitrogens is 4. The molecule has 0 saturated carbocycles. The zero-order chi connectivity index (χ0) is 22.4. The first-order chi connectivity index (χ1) is 16.2. The van der Waals surface area contributed by atoms with Crippen molar-refractivity contribution in [2.45, 2.75) is 12.6 Å². The van der Waals surface area contributed by atoms with Crippen LogP contribution >= 0.6 is 0 Å². The zero-order valence-corrected chi connectivity index (χ0v) is 17.7. The average Bonchev–Trinajstić information content (AvgIpc) is 3.24. The van der Waals surface area contributed by atoms with Crippen molar-refractivity contribution >= 4 is 17.0 Å². The Morgan fingerprint density at radius 3 is 2.55 bits per heavy atom. The van der Waals surface area contributed by atoms with Gasteiger partial charge in [-0.15, -0.1) is 0 Å². The summed E-state index contributed by atoms with van der Waals surface area (Å²) in [5.74, 6) is 0.411. The van der Waals surface area contributed by atoms with Crippen LogP contribution in [0.1, 0.15) is 17.4 Å². The molecular weight excluding hydrogens is 428 g/mol. The van der Waals surface area contributed by atoms with Crippen molar-refractivity contribution in [1.29, 1.82) is 0 Å². The molecule has 7 nitrogen and oxygen atoms in total. The van der Waals surface area contributed by atoms with Gasteiger partial charge in [0.1, 0.15) is 24.1 Å². The highest BCUT2D eigenvalue weighted by molar-refractivity contribution is 5.83. The molecule has 6 rings (SSSR count). The Morgan fingerprint density at radius 2 is 1.73 bits per heavy atom. The van der Waals surface area contributed by atoms with E-state index in [1.54, 1.807) is 12.4 Å². The molecule has 4 heterocycles. The highest BCUT2D eigenvalue weighted by atomic mass is 19.1. The number of fused-ring (bicyclic) bond motifs is 3. The summed E-state index contributed by atoms with van der Waals surface area (Å²) in [5.41, 5.74) is 3.64. The van der Waals surface area contributed by atoms with Gasteiger partial charge in [0.05, 0.1) is 36.9 Å². The van der Waals surface area contributed by atoms with Gasteiger partial charge in [-0.1, -0.05) is 6.07 Å². The Kier molecular flexibility index (Phi) is 5.00. The Bertz CT molecular complexity index is 1320. The van der Waals surface area contributed by atoms with E-state index in [1.165, 1.54) is 6.07 Å². The molecule has 1 fully saturated rings. The van der Waals surface area contributed by atoms with Crippen LogP contribution in [0.25, 0.3) is 22.2 Å². The third-order valence-corrected chi connectivity index (χ3v) is 6.16. The first-order valence-corrected chi connectivity index (χ1v) is 10.9. The summed E-state index contributed by atoms with van der Waals surface area (Å²) in [6.07, 6.45) is 3.61. The lowest BCUT2D eigenvalue weighted by molar-refractivity contribution is 0.0669. The number of anilines is 1. The van der Waals surface area contributed by atoms with Crippen LogP contribution in [0, 0.1) is 11.6 Å². The third-order valence-electron chi connectivity index (χ3n) is 6.16. The van der Waals surface area contributed by atoms with Gasteiger partial charge in [-0.2, -0.15) is 0 Å². The number of benzene rings is 2. The van der Waals surface area contributed by atoms with Crippen molar-refractivity contribution in [3.05, 3.63) is 71.8 Å². The highest BCUT2D eigenvalue weighted by Crippen LogP contribution is 2.34. The Balaban J connectivity index is 1.40. The smallest absolute Gasteiger partial charge is 0.225 e. The van der Waals surface area contributed by atoms with Gasteiger partial charge in [0.15, 0.2) is 0 Å². The van der Waals surface area contributed by atoms with Crippen LogP contribution in [0.5, 0.6) is 0 Å². The molecule has 4 aromatic rings. The summed E-state index contributed by atoms with van der Waals surface area (Å²) in [6.45, 7) is 3.44. The van der Waals surface area contributed by atoms with Crippen LogP contribution in [0.3, 0.4) is 0 Å². The SMILES string of the molecule is Fc1ccc(F)c(C2COCc3nc4ccc(-c5cnc(N6CCOCC6)nc5)cc4n32)c1. The van der Waals surface area contributed by atoms with Crippen LogP contribution in [0.4, 0.5) is 14.7 Å². The normalized spacial score (nSPS) is 18.5. The maximum absolute atomic E-state index is 14.6. The van der Waals surface area contributed by atoms with Gasteiger partial charge in [0.2, 0.25) is 5.95 Å². The minimum absolute atomic E-state index is 0.237. The fraction of sp³-hybridized carbons (Fsp3) is 0.292. The standard InChI is InChI=1S/C24H21F2N5O2/c25-17-2-3-19(26)18(10-17)22-13-33-14-23-29-20-4-1-15(9-21(20)31(22)23)16-11-27-24(28-12-16)30-5-7-32-8-6-30/h1-4,9-12,22H,5-8,13-14H2. The van der Waals surface area contributed by atoms with E-state index in [4.69, 9.17) is 9.47 Å². The lowest BCUT2D eigenvalue weighted by atomic mass is 10.0. The van der Waals surface area contributed by atoms with Gasteiger partial charge in [-0.3, -0.25) is 0 Å². The van der Waals surface area contributed by atoms with Crippen LogP contribution in [0.2, 0.25) is 0 Å². The lowest BCUT2D eigenvalue weighted by Crippen LogP contribution is -2.37. The minimum Gasteiger partial charge on any atom is -0.378 e. The van der Waals surface area contributed by atoms with Crippen molar-refractivity contribution in [3.8, 4) is 11.1 Å². The maximum Gasteiger partial charge on any atom is 0.225 e. The molecule has 0 N–H and O–H groups in total. The van der Waals surface area contributed by atoms with Gasteiger partial charge in [-0.05, 0) is 35.9 Å². The van der Waals surface area contributed by atoms with E-state index in [0.29, 0.717) is 31.6 Å². The molecule has 2 aromatic carbocycles. The first-order valence-electron chi connectivity index (χ1n) is 10.9. The fourth-order valence-corrected chi connectivity index (χ4v) is 4.50. The quantitative estimate of drug-likeness (QED) is 0.475. The molecule has 0 amide bonds. The second kappa shape index (κ2) is 8.17. The molecule has 0 radical (unpaired) electrons. The first kappa shape index (κ1) is 20.2. The molecule has 0 spiro atoms. The van der Waals surface area contributed by atoms with Gasteiger partial charge in [-0.25, -0.2) is 23.7 Å². The summed E-state index contributed by atoms with van der Waals surface area (Å²) in [4.78, 5) is 15.8. The molecular formula is C24H21F2N5O2. The number of morpholine rings is 1. The molecule has 1 saturated heterocycles. The van der Waals surface area contributed by atoms with Crippen molar-refractivity contribution in [3.63, 3.8) is 0 Å². The third kappa shape index (κ3) is 3.63. The Morgan fingerprint density at radius 1 is 0.909 bits per heavy atom. The molecule has 2 aliphatic rings. The number of imidazole rings is 1. The summed E-state index contributed by atoms with van der Waals surface area (Å²) in [7, 11) is 0. The highest BCUT2D eigenvalue weighted by Gasteiger charge is 2.28. The van der Waals surface area contributed by atoms with E-state index in [-0.39, 0.29) is 12.2 Å². The minimum atomic E-state index is -0.510. The van der Waals surface area contributed by atoms with E-state index in [1.807, 2.05) is 22.8 Å². The molecule has 1 atom stereocenters. The average molecular weight is 449 g/mol. The second-order valence-electron chi connectivity index (χ2n) is 8.17. The van der Waals surface area contributed by atoms with Crippen LogP contribution in [-0.2, 0) is 16.1 Å². The monoisotopic (exact) mass is 449 g/mol. The Labute approximate surface area is 188 Å². The van der Waals surface area contributed by atoms with E-state index in [0.717, 1.165) is 47.4 Å². The summed E-state index contributed by atoms with van der Waals surface area (Å²) in [6, 6.07) is 8.87. The number of ether oxygens (including phenoxy) is 2. The summed E-state index contributed by atoms with van der Waals surface area (Å²) >= 11 is 0. The zero-order valence-electron chi connectivity index (χ0n) is 17.7. The van der Waals surface area contributed by atoms with Gasteiger partial charge < -0.3 is 18.9 Å². The van der Waals surface area contributed by atoms with Crippen LogP contribution < -0.4 is 4.90 Å². The van der Waals surface area contributed by atoms with E-state index in [9.17, 15) is 8.78 Å². The van der Waals surface area contributed by atoms with E-state index < -0.39 is 17.7 Å². The van der Waals surface area contributed by atoms with Gasteiger partial charge >= 0.3 is 0 Å². The van der Waals surface area contributed by atoms with E-state index >= 15 is 0 Å². The molecule has 2 aliphatic heterocycles. The molecule has 0 bridgehead atoms. The molecule has 1 unspecified atom stereocenters. The number of halogens is 2. The van der Waals surface area contributed by atoms with Crippen molar-refractivity contribution < 1.29 is 18.3 Å². The maximum atomic E-state index is 14.6. The topological polar surface area (TPSA) is 65.3 Å². The Hall–Kier alpha value is -3.43. The van der Waals surface area contributed by atoms with Crippen molar-refractivity contribution in [2.24, 2.45) is 0 Å². The molecule has 9 heteroatoms. The van der Waals surface area contributed by atoms with Gasteiger partial charge in [0.25, 0.3) is 0 Å². The molecule has 0 aliphatic carbocycles. The largest absolute Gasteiger partial charge is 0.378 e. The van der Waals surface area contributed by atoms with E-state index in [2.05, 4.69) is 19.9 Å². The van der Waals surface area contributed by atoms with Crippen LogP contribution in [-0.4, -0.2) is 52.4 Å². The predicted molar refractivity (Wildman–Crippen MR) is 118 cm³/mol. The van der Waals surface area contributed by atoms with Crippen LogP contribution in [0.15, 0.2) is 48.8 Å². The van der Waals surface area contributed by atoms with Crippen molar-refractivity contribution in [2.75, 3.05) is 37.8 Å². The van der Waals surface area contributed by atoms with Gasteiger partial charge in [0, 0.05) is 36.6 Å². The molecule has 33 heavy (non-hydrogen) atoms. The molecule has 2 aromatic heterocycles. The second-order valence-corrected chi connectivity index (χ2v) is 8.17. The number of rotatable bonds is 3. The lowest BCUT2D eigenvalue weighted by Gasteiger charge is -2.27. The molecule has 168 valence electrons. The summed E-state index contributed by atoms with van der Waals surface area (Å²) in [5, 5.41) is 0. The summed E-state index contributed by atoms with van der Waals surface area (Å²) < 4.78 is 41.5. The number of hydrogen-bond donors (Lipinski definition) is 0. The fourth-order valence-electron chi connectivity index (χ4n) is 4.50. The van der Waals surface area contributed by atoms with Crippen molar-refractivity contribution in [1.82, 2.24) is 19.5 Å². The number of hydrogen-bond acceptors (Lipinski definition) is 6.